The fourth-order valence-electron chi connectivity index (χ4n) is 1.97. The fourth-order valence-corrected chi connectivity index (χ4v) is 2.28. The van der Waals surface area contributed by atoms with E-state index < -0.39 is 0 Å². The number of para-hydroxylation sites is 1. The fraction of sp³-hybridized carbons (Fsp3) is 0.333. The molecule has 1 aromatic carbocycles. The quantitative estimate of drug-likeness (QED) is 0.865. The second kappa shape index (κ2) is 6.09. The number of hydrogen-bond acceptors (Lipinski definition) is 4. The predicted octanol–water partition coefficient (Wildman–Crippen LogP) is 3.39. The molecule has 0 amide bonds. The number of anilines is 1. The standard InChI is InChI=1S/C15H18ClN3O/c1-10-11(2)18-15(14(16)17-10)19(3)9-12-7-5-6-8-13(12)20-4/h5-8H,9H2,1-4H3. The Morgan fingerprint density at radius 3 is 2.50 bits per heavy atom. The molecule has 0 bridgehead atoms. The number of methoxy groups -OCH3 is 1. The maximum Gasteiger partial charge on any atom is 0.171 e. The average Bonchev–Trinajstić information content (AvgIpc) is 2.43. The highest BCUT2D eigenvalue weighted by Gasteiger charge is 2.13. The Bertz CT molecular complexity index is 616. The molecule has 4 nitrogen and oxygen atoms in total. The second-order valence-corrected chi connectivity index (χ2v) is 5.03. The van der Waals surface area contributed by atoms with Crippen LogP contribution in [-0.2, 0) is 6.54 Å². The number of nitrogens with zero attached hydrogens (tertiary/aromatic N) is 3. The number of aromatic nitrogens is 2. The summed E-state index contributed by atoms with van der Waals surface area (Å²) in [6, 6.07) is 7.90. The number of aryl methyl sites for hydroxylation is 2. The number of benzene rings is 1. The van der Waals surface area contributed by atoms with Crippen molar-refractivity contribution in [2.45, 2.75) is 20.4 Å². The smallest absolute Gasteiger partial charge is 0.171 e. The van der Waals surface area contributed by atoms with Gasteiger partial charge in [-0.25, -0.2) is 9.97 Å². The van der Waals surface area contributed by atoms with Crippen molar-refractivity contribution in [3.05, 3.63) is 46.4 Å². The van der Waals surface area contributed by atoms with Crippen LogP contribution < -0.4 is 9.64 Å². The predicted molar refractivity (Wildman–Crippen MR) is 81.6 cm³/mol. The summed E-state index contributed by atoms with van der Waals surface area (Å²) >= 11 is 6.19. The van der Waals surface area contributed by atoms with Crippen molar-refractivity contribution >= 4 is 17.4 Å². The van der Waals surface area contributed by atoms with Crippen LogP contribution in [0.3, 0.4) is 0 Å². The van der Waals surface area contributed by atoms with Crippen LogP contribution in [0, 0.1) is 13.8 Å². The first-order chi connectivity index (χ1) is 9.52. The lowest BCUT2D eigenvalue weighted by Crippen LogP contribution is -2.19. The second-order valence-electron chi connectivity index (χ2n) is 4.68. The van der Waals surface area contributed by atoms with E-state index in [0.717, 1.165) is 22.7 Å². The summed E-state index contributed by atoms with van der Waals surface area (Å²) in [5.41, 5.74) is 2.81. The molecule has 0 saturated heterocycles. The zero-order valence-corrected chi connectivity index (χ0v) is 12.9. The van der Waals surface area contributed by atoms with Gasteiger partial charge in [0, 0.05) is 19.2 Å². The van der Waals surface area contributed by atoms with Crippen molar-refractivity contribution in [2.75, 3.05) is 19.1 Å². The molecule has 106 valence electrons. The Labute approximate surface area is 124 Å². The van der Waals surface area contributed by atoms with Gasteiger partial charge in [-0.3, -0.25) is 0 Å². The lowest BCUT2D eigenvalue weighted by atomic mass is 10.2. The molecule has 0 aliphatic carbocycles. The number of hydrogen-bond donors (Lipinski definition) is 0. The molecule has 0 saturated carbocycles. The molecule has 0 fully saturated rings. The highest BCUT2D eigenvalue weighted by atomic mass is 35.5. The Morgan fingerprint density at radius 1 is 1.15 bits per heavy atom. The van der Waals surface area contributed by atoms with E-state index in [2.05, 4.69) is 9.97 Å². The molecule has 0 spiro atoms. The van der Waals surface area contributed by atoms with E-state index in [1.54, 1.807) is 7.11 Å². The van der Waals surface area contributed by atoms with Gasteiger partial charge in [0.25, 0.3) is 0 Å². The molecule has 2 aromatic rings. The molecule has 0 aliphatic rings. The molecular formula is C15H18ClN3O. The molecule has 2 rings (SSSR count). The van der Waals surface area contributed by atoms with E-state index in [1.807, 2.05) is 50.1 Å². The summed E-state index contributed by atoms with van der Waals surface area (Å²) in [6.07, 6.45) is 0. The molecule has 1 aromatic heterocycles. The summed E-state index contributed by atoms with van der Waals surface area (Å²) in [4.78, 5) is 10.8. The van der Waals surface area contributed by atoms with Crippen LogP contribution >= 0.6 is 11.6 Å². The van der Waals surface area contributed by atoms with Gasteiger partial charge < -0.3 is 9.64 Å². The number of ether oxygens (including phenoxy) is 1. The van der Waals surface area contributed by atoms with E-state index in [4.69, 9.17) is 16.3 Å². The van der Waals surface area contributed by atoms with Gasteiger partial charge in [-0.1, -0.05) is 29.8 Å². The number of halogens is 1. The molecule has 20 heavy (non-hydrogen) atoms. The lowest BCUT2D eigenvalue weighted by Gasteiger charge is -2.21. The van der Waals surface area contributed by atoms with Gasteiger partial charge in [0.05, 0.1) is 18.5 Å². The van der Waals surface area contributed by atoms with Crippen LogP contribution in [-0.4, -0.2) is 24.1 Å². The van der Waals surface area contributed by atoms with E-state index in [-0.39, 0.29) is 0 Å². The van der Waals surface area contributed by atoms with Crippen molar-refractivity contribution in [1.29, 1.82) is 0 Å². The average molecular weight is 292 g/mol. The topological polar surface area (TPSA) is 38.2 Å². The maximum absolute atomic E-state index is 6.19. The summed E-state index contributed by atoms with van der Waals surface area (Å²) < 4.78 is 5.36. The minimum atomic E-state index is 0.422. The van der Waals surface area contributed by atoms with E-state index in [9.17, 15) is 0 Å². The van der Waals surface area contributed by atoms with Gasteiger partial charge in [0.1, 0.15) is 5.75 Å². The highest BCUT2D eigenvalue weighted by Crippen LogP contribution is 2.25. The summed E-state index contributed by atoms with van der Waals surface area (Å²) in [5, 5.41) is 0.422. The van der Waals surface area contributed by atoms with Crippen LogP contribution in [0.4, 0.5) is 5.82 Å². The van der Waals surface area contributed by atoms with Crippen molar-refractivity contribution < 1.29 is 4.74 Å². The third-order valence-electron chi connectivity index (χ3n) is 3.21. The highest BCUT2D eigenvalue weighted by molar-refractivity contribution is 6.31. The van der Waals surface area contributed by atoms with Crippen molar-refractivity contribution in [2.24, 2.45) is 0 Å². The van der Waals surface area contributed by atoms with Crippen LogP contribution in [0.25, 0.3) is 0 Å². The first kappa shape index (κ1) is 14.6. The first-order valence-electron chi connectivity index (χ1n) is 6.36. The minimum absolute atomic E-state index is 0.422. The SMILES string of the molecule is COc1ccccc1CN(C)c1nc(C)c(C)nc1Cl. The van der Waals surface area contributed by atoms with Crippen molar-refractivity contribution in [3.63, 3.8) is 0 Å². The van der Waals surface area contributed by atoms with E-state index >= 15 is 0 Å². The number of rotatable bonds is 4. The molecule has 0 aliphatic heterocycles. The Kier molecular flexibility index (Phi) is 4.45. The summed E-state index contributed by atoms with van der Waals surface area (Å²) in [5.74, 6) is 1.54. The monoisotopic (exact) mass is 291 g/mol. The molecule has 5 heteroatoms. The van der Waals surface area contributed by atoms with Gasteiger partial charge in [0.2, 0.25) is 0 Å². The van der Waals surface area contributed by atoms with Gasteiger partial charge in [0.15, 0.2) is 11.0 Å². The third-order valence-corrected chi connectivity index (χ3v) is 3.46. The van der Waals surface area contributed by atoms with E-state index in [1.165, 1.54) is 0 Å². The first-order valence-corrected chi connectivity index (χ1v) is 6.74. The van der Waals surface area contributed by atoms with Gasteiger partial charge in [-0.2, -0.15) is 0 Å². The molecule has 0 unspecified atom stereocenters. The third kappa shape index (κ3) is 3.02. The zero-order valence-electron chi connectivity index (χ0n) is 12.1. The summed E-state index contributed by atoms with van der Waals surface area (Å²) in [7, 11) is 3.61. The normalized spacial score (nSPS) is 10.4. The molecule has 0 radical (unpaired) electrons. The Hall–Kier alpha value is -1.81. The molecular weight excluding hydrogens is 274 g/mol. The maximum atomic E-state index is 6.19. The van der Waals surface area contributed by atoms with Crippen molar-refractivity contribution in [1.82, 2.24) is 9.97 Å². The van der Waals surface area contributed by atoms with Crippen LogP contribution in [0.15, 0.2) is 24.3 Å². The van der Waals surface area contributed by atoms with Gasteiger partial charge in [-0.15, -0.1) is 0 Å². The van der Waals surface area contributed by atoms with Crippen LogP contribution in [0.5, 0.6) is 5.75 Å². The lowest BCUT2D eigenvalue weighted by molar-refractivity contribution is 0.409. The Morgan fingerprint density at radius 2 is 1.80 bits per heavy atom. The van der Waals surface area contributed by atoms with Crippen LogP contribution in [0.2, 0.25) is 5.15 Å². The summed E-state index contributed by atoms with van der Waals surface area (Å²) in [6.45, 7) is 4.48. The van der Waals surface area contributed by atoms with Crippen LogP contribution in [0.1, 0.15) is 17.0 Å². The van der Waals surface area contributed by atoms with E-state index in [0.29, 0.717) is 17.5 Å². The Balaban J connectivity index is 2.28. The van der Waals surface area contributed by atoms with Crippen molar-refractivity contribution in [3.8, 4) is 5.75 Å². The molecule has 0 N–H and O–H groups in total. The molecule has 1 heterocycles. The van der Waals surface area contributed by atoms with Gasteiger partial charge >= 0.3 is 0 Å². The molecule has 0 atom stereocenters. The zero-order chi connectivity index (χ0) is 14.7. The largest absolute Gasteiger partial charge is 0.496 e. The van der Waals surface area contributed by atoms with Gasteiger partial charge in [-0.05, 0) is 19.9 Å². The minimum Gasteiger partial charge on any atom is -0.496 e.